The largest absolute Gasteiger partial charge is 0.321 e. The lowest BCUT2D eigenvalue weighted by molar-refractivity contribution is -0.110. The molecule has 2 aromatic carbocycles. The van der Waals surface area contributed by atoms with E-state index in [1.54, 1.807) is 6.20 Å². The second-order valence-electron chi connectivity index (χ2n) is 4.98. The highest BCUT2D eigenvalue weighted by Gasteiger charge is 2.23. The summed E-state index contributed by atoms with van der Waals surface area (Å²) in [7, 11) is 0. The van der Waals surface area contributed by atoms with Gasteiger partial charge in [0, 0.05) is 28.4 Å². The molecule has 1 aliphatic heterocycles. The van der Waals surface area contributed by atoms with Gasteiger partial charge in [-0.25, -0.2) is 0 Å². The van der Waals surface area contributed by atoms with Gasteiger partial charge in [0.25, 0.3) is 5.91 Å². The minimum Gasteiger partial charge on any atom is -0.321 e. The number of benzene rings is 2. The topological polar surface area (TPSA) is 42.0 Å². The van der Waals surface area contributed by atoms with Crippen LogP contribution in [0.3, 0.4) is 0 Å². The zero-order chi connectivity index (χ0) is 14.2. The Bertz CT molecular complexity index is 891. The van der Waals surface area contributed by atoms with E-state index in [4.69, 9.17) is 0 Å². The van der Waals surface area contributed by atoms with Gasteiger partial charge in [-0.15, -0.1) is 0 Å². The Balaban J connectivity index is 1.93. The number of hydrogen-bond acceptors (Lipinski definition) is 2. The summed E-state index contributed by atoms with van der Waals surface area (Å²) in [5.41, 5.74) is 4.44. The summed E-state index contributed by atoms with van der Waals surface area (Å²) < 4.78 is 0. The van der Waals surface area contributed by atoms with Gasteiger partial charge >= 0.3 is 0 Å². The maximum absolute atomic E-state index is 12.2. The molecule has 0 aliphatic carbocycles. The van der Waals surface area contributed by atoms with E-state index >= 15 is 0 Å². The molecule has 0 bridgehead atoms. The van der Waals surface area contributed by atoms with Gasteiger partial charge < -0.3 is 5.32 Å². The van der Waals surface area contributed by atoms with Crippen LogP contribution in [-0.2, 0) is 4.79 Å². The first-order chi connectivity index (χ1) is 10.3. The van der Waals surface area contributed by atoms with E-state index in [1.807, 2.05) is 60.7 Å². The highest BCUT2D eigenvalue weighted by Crippen LogP contribution is 2.33. The van der Waals surface area contributed by atoms with Crippen molar-refractivity contribution in [2.75, 3.05) is 5.32 Å². The average molecular weight is 272 g/mol. The summed E-state index contributed by atoms with van der Waals surface area (Å²) in [5.74, 6) is -0.0582. The van der Waals surface area contributed by atoms with Crippen LogP contribution >= 0.6 is 0 Å². The number of aromatic nitrogens is 1. The minimum absolute atomic E-state index is 0.0582. The zero-order valence-corrected chi connectivity index (χ0v) is 11.2. The van der Waals surface area contributed by atoms with Crippen molar-refractivity contribution in [3.8, 4) is 0 Å². The molecule has 21 heavy (non-hydrogen) atoms. The number of fused-ring (bicyclic) bond motifs is 2. The molecule has 0 unspecified atom stereocenters. The Morgan fingerprint density at radius 3 is 2.81 bits per heavy atom. The molecule has 3 aromatic rings. The summed E-state index contributed by atoms with van der Waals surface area (Å²) in [6, 6.07) is 17.6. The quantitative estimate of drug-likeness (QED) is 0.686. The van der Waals surface area contributed by atoms with E-state index in [1.165, 1.54) is 0 Å². The molecular weight excluding hydrogens is 260 g/mol. The van der Waals surface area contributed by atoms with Crippen molar-refractivity contribution in [3.63, 3.8) is 0 Å². The molecule has 1 aliphatic rings. The van der Waals surface area contributed by atoms with Crippen molar-refractivity contribution >= 4 is 34.1 Å². The molecule has 1 amide bonds. The third-order valence-electron chi connectivity index (χ3n) is 3.69. The highest BCUT2D eigenvalue weighted by molar-refractivity contribution is 6.35. The smallest absolute Gasteiger partial charge is 0.256 e. The van der Waals surface area contributed by atoms with Crippen molar-refractivity contribution in [1.29, 1.82) is 0 Å². The van der Waals surface area contributed by atoms with Gasteiger partial charge in [-0.2, -0.15) is 0 Å². The van der Waals surface area contributed by atoms with Gasteiger partial charge in [-0.3, -0.25) is 9.78 Å². The fraction of sp³-hybridized carbons (Fsp3) is 0. The molecule has 100 valence electrons. The SMILES string of the molecule is O=C1Nc2ccccc2/C1=C\c1cccc2ncccc12. The minimum atomic E-state index is -0.0582. The van der Waals surface area contributed by atoms with Crippen LogP contribution in [0.25, 0.3) is 22.6 Å². The van der Waals surface area contributed by atoms with Crippen LogP contribution in [0.2, 0.25) is 0 Å². The molecular formula is C18H12N2O. The summed E-state index contributed by atoms with van der Waals surface area (Å²) in [4.78, 5) is 16.5. The lowest BCUT2D eigenvalue weighted by atomic mass is 10.0. The number of nitrogens with zero attached hydrogens (tertiary/aromatic N) is 1. The number of carbonyl (C=O) groups is 1. The molecule has 0 atom stereocenters. The number of amides is 1. The van der Waals surface area contributed by atoms with Crippen molar-refractivity contribution in [2.24, 2.45) is 0 Å². The molecule has 0 saturated carbocycles. The lowest BCUT2D eigenvalue weighted by Gasteiger charge is -2.03. The van der Waals surface area contributed by atoms with Crippen LogP contribution < -0.4 is 5.32 Å². The molecule has 3 nitrogen and oxygen atoms in total. The predicted molar refractivity (Wildman–Crippen MR) is 84.7 cm³/mol. The number of carbonyl (C=O) groups excluding carboxylic acids is 1. The number of anilines is 1. The maximum atomic E-state index is 12.2. The monoisotopic (exact) mass is 272 g/mol. The zero-order valence-electron chi connectivity index (χ0n) is 11.2. The van der Waals surface area contributed by atoms with Crippen molar-refractivity contribution < 1.29 is 4.79 Å². The van der Waals surface area contributed by atoms with Crippen molar-refractivity contribution in [1.82, 2.24) is 4.98 Å². The molecule has 0 radical (unpaired) electrons. The standard InChI is InChI=1S/C18H12N2O/c21-18-15(14-6-1-2-8-17(14)20-18)11-12-5-3-9-16-13(12)7-4-10-19-16/h1-11H,(H,20,21)/b15-11+. The Morgan fingerprint density at radius 2 is 1.86 bits per heavy atom. The van der Waals surface area contributed by atoms with E-state index in [9.17, 15) is 4.79 Å². The van der Waals surface area contributed by atoms with Gasteiger partial charge in [-0.1, -0.05) is 36.4 Å². The second-order valence-corrected chi connectivity index (χ2v) is 4.98. The van der Waals surface area contributed by atoms with Crippen LogP contribution in [0.15, 0.2) is 60.8 Å². The van der Waals surface area contributed by atoms with Crippen molar-refractivity contribution in [2.45, 2.75) is 0 Å². The van der Waals surface area contributed by atoms with Gasteiger partial charge in [0.05, 0.1) is 5.52 Å². The van der Waals surface area contributed by atoms with Crippen molar-refractivity contribution in [3.05, 3.63) is 71.9 Å². The number of hydrogen-bond donors (Lipinski definition) is 1. The van der Waals surface area contributed by atoms with Gasteiger partial charge in [0.15, 0.2) is 0 Å². The predicted octanol–water partition coefficient (Wildman–Crippen LogP) is 3.73. The Kier molecular flexibility index (Phi) is 2.57. The fourth-order valence-corrected chi connectivity index (χ4v) is 2.69. The average Bonchev–Trinajstić information content (AvgIpc) is 2.84. The van der Waals surface area contributed by atoms with Crippen LogP contribution in [0, 0.1) is 0 Å². The fourth-order valence-electron chi connectivity index (χ4n) is 2.69. The molecule has 0 fully saturated rings. The van der Waals surface area contributed by atoms with Gasteiger partial charge in [-0.05, 0) is 29.8 Å². The van der Waals surface area contributed by atoms with E-state index in [0.29, 0.717) is 5.57 Å². The Morgan fingerprint density at radius 1 is 0.952 bits per heavy atom. The molecule has 1 aromatic heterocycles. The normalized spacial score (nSPS) is 15.2. The summed E-state index contributed by atoms with van der Waals surface area (Å²) >= 11 is 0. The molecule has 0 spiro atoms. The number of para-hydroxylation sites is 1. The molecule has 0 saturated heterocycles. The molecule has 4 rings (SSSR count). The Hall–Kier alpha value is -2.94. The second kappa shape index (κ2) is 4.56. The van der Waals surface area contributed by atoms with Crippen LogP contribution in [0.5, 0.6) is 0 Å². The number of rotatable bonds is 1. The highest BCUT2D eigenvalue weighted by atomic mass is 16.2. The summed E-state index contributed by atoms with van der Waals surface area (Å²) in [6.45, 7) is 0. The number of nitrogens with one attached hydrogen (secondary N) is 1. The van der Waals surface area contributed by atoms with Crippen LogP contribution in [-0.4, -0.2) is 10.9 Å². The summed E-state index contributed by atoms with van der Waals surface area (Å²) in [6.07, 6.45) is 3.71. The third-order valence-corrected chi connectivity index (χ3v) is 3.69. The molecule has 1 N–H and O–H groups in total. The van der Waals surface area contributed by atoms with E-state index in [0.717, 1.165) is 27.7 Å². The van der Waals surface area contributed by atoms with E-state index in [2.05, 4.69) is 10.3 Å². The first kappa shape index (κ1) is 11.9. The van der Waals surface area contributed by atoms with Gasteiger partial charge in [0.2, 0.25) is 0 Å². The van der Waals surface area contributed by atoms with Gasteiger partial charge in [0.1, 0.15) is 0 Å². The van der Waals surface area contributed by atoms with Crippen LogP contribution in [0.1, 0.15) is 11.1 Å². The third kappa shape index (κ3) is 1.91. The van der Waals surface area contributed by atoms with Crippen LogP contribution in [0.4, 0.5) is 5.69 Å². The lowest BCUT2D eigenvalue weighted by Crippen LogP contribution is -2.03. The first-order valence-corrected chi connectivity index (χ1v) is 6.79. The first-order valence-electron chi connectivity index (χ1n) is 6.79. The molecule has 3 heteroatoms. The maximum Gasteiger partial charge on any atom is 0.256 e. The van der Waals surface area contributed by atoms with E-state index < -0.39 is 0 Å². The molecule has 2 heterocycles. The summed E-state index contributed by atoms with van der Waals surface area (Å²) in [5, 5.41) is 3.94. The Labute approximate surface area is 122 Å². The van der Waals surface area contributed by atoms with E-state index in [-0.39, 0.29) is 5.91 Å². The number of pyridine rings is 1.